The highest BCUT2D eigenvalue weighted by atomic mass is 19.4. The summed E-state index contributed by atoms with van der Waals surface area (Å²) in [5.41, 5.74) is -0.163. The van der Waals surface area contributed by atoms with Gasteiger partial charge in [-0.3, -0.25) is 0 Å². The van der Waals surface area contributed by atoms with Crippen LogP contribution in [-0.4, -0.2) is 19.3 Å². The fourth-order valence-corrected chi connectivity index (χ4v) is 0.782. The van der Waals surface area contributed by atoms with E-state index in [0.717, 1.165) is 0 Å². The lowest BCUT2D eigenvalue weighted by Gasteiger charge is -2.39. The van der Waals surface area contributed by atoms with Gasteiger partial charge in [0.25, 0.3) is 0 Å². The van der Waals surface area contributed by atoms with Gasteiger partial charge in [-0.1, -0.05) is 34.6 Å². The van der Waals surface area contributed by atoms with Crippen LogP contribution in [0.15, 0.2) is 0 Å². The maximum atomic E-state index is 11.9. The van der Waals surface area contributed by atoms with Crippen molar-refractivity contribution < 1.29 is 13.2 Å². The van der Waals surface area contributed by atoms with Crippen LogP contribution < -0.4 is 5.32 Å². The van der Waals surface area contributed by atoms with Crippen molar-refractivity contribution in [3.05, 3.63) is 0 Å². The Labute approximate surface area is 84.1 Å². The first-order valence-corrected chi connectivity index (χ1v) is 4.73. The summed E-state index contributed by atoms with van der Waals surface area (Å²) in [7, 11) is 0. The molecule has 0 rings (SSSR count). The molecule has 1 nitrogen and oxygen atoms in total. The molecule has 0 radical (unpaired) electrons. The molecule has 0 aromatic carbocycles. The Morgan fingerprint density at radius 2 is 1.29 bits per heavy atom. The molecule has 0 spiro atoms. The molecule has 0 saturated carbocycles. The zero-order chi connectivity index (χ0) is 11.6. The predicted octanol–water partition coefficient (Wildman–Crippen LogP) is 3.21. The molecule has 0 aliphatic heterocycles. The van der Waals surface area contributed by atoms with Crippen LogP contribution in [0.4, 0.5) is 13.2 Å². The minimum atomic E-state index is -4.12. The summed E-state index contributed by atoms with van der Waals surface area (Å²) in [5, 5.41) is 2.45. The number of rotatable bonds is 3. The van der Waals surface area contributed by atoms with Crippen LogP contribution in [0, 0.1) is 10.8 Å². The maximum Gasteiger partial charge on any atom is 0.401 e. The summed E-state index contributed by atoms with van der Waals surface area (Å²) in [6, 6.07) is 0. The fraction of sp³-hybridized carbons (Fsp3) is 1.00. The predicted molar refractivity (Wildman–Crippen MR) is 52.2 cm³/mol. The molecular formula is C10H20F3N. The van der Waals surface area contributed by atoms with Crippen LogP contribution in [0.3, 0.4) is 0 Å². The Bertz CT molecular complexity index is 177. The Balaban J connectivity index is 4.02. The van der Waals surface area contributed by atoms with Crippen molar-refractivity contribution in [2.45, 2.75) is 40.8 Å². The van der Waals surface area contributed by atoms with Gasteiger partial charge in [0.05, 0.1) is 6.54 Å². The molecule has 4 heteroatoms. The lowest BCUT2D eigenvalue weighted by molar-refractivity contribution is -0.126. The maximum absolute atomic E-state index is 11.9. The van der Waals surface area contributed by atoms with E-state index in [1.165, 1.54) is 0 Å². The van der Waals surface area contributed by atoms with Crippen LogP contribution in [-0.2, 0) is 0 Å². The molecule has 0 unspecified atom stereocenters. The first-order valence-electron chi connectivity index (χ1n) is 4.73. The molecule has 0 atom stereocenters. The second-order valence-electron chi connectivity index (χ2n) is 5.35. The fourth-order valence-electron chi connectivity index (χ4n) is 0.782. The van der Waals surface area contributed by atoms with Crippen LogP contribution in [0.2, 0.25) is 0 Å². The highest BCUT2D eigenvalue weighted by molar-refractivity contribution is 4.84. The normalized spacial score (nSPS) is 14.6. The van der Waals surface area contributed by atoms with Gasteiger partial charge in [0.2, 0.25) is 0 Å². The van der Waals surface area contributed by atoms with Crippen LogP contribution in [0.25, 0.3) is 0 Å². The number of nitrogens with one attached hydrogen (secondary N) is 1. The van der Waals surface area contributed by atoms with E-state index in [4.69, 9.17) is 0 Å². The zero-order valence-corrected chi connectivity index (χ0v) is 9.55. The van der Waals surface area contributed by atoms with Gasteiger partial charge in [0.15, 0.2) is 0 Å². The van der Waals surface area contributed by atoms with Gasteiger partial charge in [-0.25, -0.2) is 0 Å². The highest BCUT2D eigenvalue weighted by Gasteiger charge is 2.34. The lowest BCUT2D eigenvalue weighted by atomic mass is 9.69. The third-order valence-corrected chi connectivity index (χ3v) is 2.92. The Kier molecular flexibility index (Phi) is 4.02. The SMILES string of the molecule is CC(C)(C)C(C)(C)CNCC(F)(F)F. The van der Waals surface area contributed by atoms with E-state index in [-0.39, 0.29) is 10.8 Å². The number of halogens is 3. The van der Waals surface area contributed by atoms with Gasteiger partial charge in [-0.2, -0.15) is 13.2 Å². The molecule has 0 fully saturated rings. The zero-order valence-electron chi connectivity index (χ0n) is 9.55. The van der Waals surface area contributed by atoms with Crippen LogP contribution in [0.1, 0.15) is 34.6 Å². The number of hydrogen-bond donors (Lipinski definition) is 1. The first-order chi connectivity index (χ1) is 5.96. The van der Waals surface area contributed by atoms with Gasteiger partial charge >= 0.3 is 6.18 Å². The van der Waals surface area contributed by atoms with Crippen molar-refractivity contribution >= 4 is 0 Å². The van der Waals surface area contributed by atoms with Crippen molar-refractivity contribution in [2.24, 2.45) is 10.8 Å². The smallest absolute Gasteiger partial charge is 0.308 e. The molecule has 0 amide bonds. The van der Waals surface area contributed by atoms with E-state index in [2.05, 4.69) is 5.32 Å². The Hall–Kier alpha value is -0.250. The van der Waals surface area contributed by atoms with Gasteiger partial charge in [-0.05, 0) is 10.8 Å². The molecular weight excluding hydrogens is 191 g/mol. The van der Waals surface area contributed by atoms with E-state index in [0.29, 0.717) is 6.54 Å². The summed E-state index contributed by atoms with van der Waals surface area (Å²) in [6.07, 6.45) is -4.12. The standard InChI is InChI=1S/C10H20F3N/c1-8(2,3)9(4,5)6-14-7-10(11,12)13/h14H,6-7H2,1-5H3. The molecule has 86 valence electrons. The summed E-state index contributed by atoms with van der Waals surface area (Å²) in [5.74, 6) is 0. The number of alkyl halides is 3. The average Bonchev–Trinajstić information content (AvgIpc) is 1.80. The molecule has 14 heavy (non-hydrogen) atoms. The van der Waals surface area contributed by atoms with E-state index in [9.17, 15) is 13.2 Å². The first kappa shape index (κ1) is 13.8. The average molecular weight is 211 g/mol. The van der Waals surface area contributed by atoms with Gasteiger partial charge in [0.1, 0.15) is 0 Å². The van der Waals surface area contributed by atoms with Gasteiger partial charge < -0.3 is 5.32 Å². The lowest BCUT2D eigenvalue weighted by Crippen LogP contribution is -2.42. The van der Waals surface area contributed by atoms with E-state index < -0.39 is 12.7 Å². The number of hydrogen-bond acceptors (Lipinski definition) is 1. The molecule has 0 saturated heterocycles. The van der Waals surface area contributed by atoms with Crippen molar-refractivity contribution in [2.75, 3.05) is 13.1 Å². The molecule has 0 aromatic heterocycles. The van der Waals surface area contributed by atoms with Gasteiger partial charge in [0, 0.05) is 6.54 Å². The van der Waals surface area contributed by atoms with E-state index >= 15 is 0 Å². The monoisotopic (exact) mass is 211 g/mol. The van der Waals surface area contributed by atoms with Crippen molar-refractivity contribution in [3.63, 3.8) is 0 Å². The van der Waals surface area contributed by atoms with Crippen molar-refractivity contribution in [1.82, 2.24) is 5.32 Å². The van der Waals surface area contributed by atoms with Crippen molar-refractivity contribution in [1.29, 1.82) is 0 Å². The second-order valence-corrected chi connectivity index (χ2v) is 5.35. The Morgan fingerprint density at radius 3 is 1.57 bits per heavy atom. The largest absolute Gasteiger partial charge is 0.401 e. The van der Waals surface area contributed by atoms with Crippen molar-refractivity contribution in [3.8, 4) is 0 Å². The topological polar surface area (TPSA) is 12.0 Å². The summed E-state index contributed by atoms with van der Waals surface area (Å²) < 4.78 is 35.6. The quantitative estimate of drug-likeness (QED) is 0.755. The molecule has 0 aliphatic rings. The molecule has 0 aromatic rings. The van der Waals surface area contributed by atoms with Gasteiger partial charge in [-0.15, -0.1) is 0 Å². The van der Waals surface area contributed by atoms with Crippen LogP contribution >= 0.6 is 0 Å². The van der Waals surface area contributed by atoms with E-state index in [1.54, 1.807) is 0 Å². The third-order valence-electron chi connectivity index (χ3n) is 2.92. The molecule has 1 N–H and O–H groups in total. The van der Waals surface area contributed by atoms with Crippen LogP contribution in [0.5, 0.6) is 0 Å². The van der Waals surface area contributed by atoms with E-state index in [1.807, 2.05) is 34.6 Å². The minimum absolute atomic E-state index is 0.00833. The summed E-state index contributed by atoms with van der Waals surface area (Å²) >= 11 is 0. The molecule has 0 bridgehead atoms. The molecule has 0 aliphatic carbocycles. The summed E-state index contributed by atoms with van der Waals surface area (Å²) in [6.45, 7) is 9.49. The Morgan fingerprint density at radius 1 is 0.857 bits per heavy atom. The second kappa shape index (κ2) is 4.09. The highest BCUT2D eigenvalue weighted by Crippen LogP contribution is 2.37. The minimum Gasteiger partial charge on any atom is -0.308 e. The third kappa shape index (κ3) is 4.84. The molecule has 0 heterocycles. The summed E-state index contributed by atoms with van der Waals surface area (Å²) in [4.78, 5) is 0.